The number of hydrogen-bond donors (Lipinski definition) is 2. The number of phenols is 1. The molecule has 0 aromatic heterocycles. The number of halogens is 5. The number of ether oxygens (including phenoxy) is 1. The van der Waals surface area contributed by atoms with Crippen LogP contribution in [0.2, 0.25) is 0 Å². The zero-order chi connectivity index (χ0) is 16.4. The third-order valence-corrected chi connectivity index (χ3v) is 4.44. The van der Waals surface area contributed by atoms with Crippen molar-refractivity contribution in [3.63, 3.8) is 0 Å². The van der Waals surface area contributed by atoms with E-state index >= 15 is 0 Å². The quantitative estimate of drug-likeness (QED) is 0.784. The Balaban J connectivity index is 0.00000156. The summed E-state index contributed by atoms with van der Waals surface area (Å²) >= 11 is 0. The normalized spacial score (nSPS) is 19.5. The Kier molecular flexibility index (Phi) is 8.12. The number of benzene rings is 1. The minimum absolute atomic E-state index is 0. The Labute approximate surface area is 157 Å². The SMILES string of the molecule is Cl.Cl.Oc1ccc(OC(F)(F)F)cc1[C@@H](CC1CC1)N1CCNCC1. The van der Waals surface area contributed by atoms with Crippen molar-refractivity contribution >= 4 is 24.8 Å². The zero-order valence-corrected chi connectivity index (χ0v) is 15.2. The van der Waals surface area contributed by atoms with Crippen LogP contribution in [0.4, 0.5) is 13.2 Å². The maximum atomic E-state index is 12.4. The molecule has 4 nitrogen and oxygen atoms in total. The summed E-state index contributed by atoms with van der Waals surface area (Å²) in [5.74, 6) is 0.353. The van der Waals surface area contributed by atoms with Gasteiger partial charge in [-0.25, -0.2) is 0 Å². The number of nitrogens with one attached hydrogen (secondary N) is 1. The molecule has 1 aromatic carbocycles. The average molecular weight is 403 g/mol. The Morgan fingerprint density at radius 3 is 2.40 bits per heavy atom. The maximum absolute atomic E-state index is 12.4. The number of aromatic hydroxyl groups is 1. The van der Waals surface area contributed by atoms with Gasteiger partial charge in [-0.2, -0.15) is 0 Å². The minimum Gasteiger partial charge on any atom is -0.508 e. The van der Waals surface area contributed by atoms with Crippen molar-refractivity contribution in [2.75, 3.05) is 26.2 Å². The first-order valence-corrected chi connectivity index (χ1v) is 7.96. The lowest BCUT2D eigenvalue weighted by Crippen LogP contribution is -2.45. The number of phenolic OH excluding ortho intramolecular Hbond substituents is 1. The molecule has 0 spiro atoms. The van der Waals surface area contributed by atoms with Crippen LogP contribution in [0.5, 0.6) is 11.5 Å². The van der Waals surface area contributed by atoms with Crippen molar-refractivity contribution in [2.24, 2.45) is 5.92 Å². The summed E-state index contributed by atoms with van der Waals surface area (Å²) in [6.45, 7) is 3.34. The highest BCUT2D eigenvalue weighted by atomic mass is 35.5. The van der Waals surface area contributed by atoms with Gasteiger partial charge in [0.1, 0.15) is 11.5 Å². The Hall–Kier alpha value is -0.890. The molecule has 0 bridgehead atoms. The second kappa shape index (κ2) is 9.16. The van der Waals surface area contributed by atoms with Crippen molar-refractivity contribution < 1.29 is 23.0 Å². The molecule has 1 aromatic rings. The Bertz CT molecular complexity index is 551. The van der Waals surface area contributed by atoms with Gasteiger partial charge in [-0.15, -0.1) is 38.0 Å². The van der Waals surface area contributed by atoms with E-state index in [1.165, 1.54) is 12.1 Å². The number of alkyl halides is 3. The maximum Gasteiger partial charge on any atom is 0.573 e. The molecule has 0 unspecified atom stereocenters. The van der Waals surface area contributed by atoms with Gasteiger partial charge in [-0.3, -0.25) is 4.90 Å². The van der Waals surface area contributed by atoms with Crippen molar-refractivity contribution in [1.82, 2.24) is 10.2 Å². The van der Waals surface area contributed by atoms with E-state index in [4.69, 9.17) is 0 Å². The lowest BCUT2D eigenvalue weighted by atomic mass is 9.97. The van der Waals surface area contributed by atoms with Crippen molar-refractivity contribution in [1.29, 1.82) is 0 Å². The highest BCUT2D eigenvalue weighted by molar-refractivity contribution is 5.85. The molecule has 0 radical (unpaired) electrons. The molecule has 144 valence electrons. The smallest absolute Gasteiger partial charge is 0.508 e. The first-order valence-electron chi connectivity index (χ1n) is 7.96. The highest BCUT2D eigenvalue weighted by Crippen LogP contribution is 2.43. The molecule has 25 heavy (non-hydrogen) atoms. The molecule has 9 heteroatoms. The summed E-state index contributed by atoms with van der Waals surface area (Å²) in [7, 11) is 0. The summed E-state index contributed by atoms with van der Waals surface area (Å²) in [6.07, 6.45) is -1.55. The summed E-state index contributed by atoms with van der Waals surface area (Å²) in [5, 5.41) is 13.5. The van der Waals surface area contributed by atoms with Crippen LogP contribution in [0.15, 0.2) is 18.2 Å². The standard InChI is InChI=1S/C16H21F3N2O2.2ClH/c17-16(18,19)23-12-3-4-15(22)13(10-12)14(9-11-1-2-11)21-7-5-20-6-8-21;;/h3-4,10-11,14,20,22H,1-2,5-9H2;2*1H/t14-;;/m1../s1. The van der Waals surface area contributed by atoms with E-state index < -0.39 is 6.36 Å². The molecule has 1 aliphatic heterocycles. The second-order valence-electron chi connectivity index (χ2n) is 6.25. The van der Waals surface area contributed by atoms with Gasteiger partial charge in [0.05, 0.1) is 0 Å². The molecule has 0 amide bonds. The van der Waals surface area contributed by atoms with Gasteiger partial charge < -0.3 is 15.2 Å². The van der Waals surface area contributed by atoms with Gasteiger partial charge in [0.15, 0.2) is 0 Å². The molecule has 1 saturated heterocycles. The fraction of sp³-hybridized carbons (Fsp3) is 0.625. The van der Waals surface area contributed by atoms with Gasteiger partial charge in [0, 0.05) is 37.8 Å². The first-order chi connectivity index (χ1) is 10.9. The summed E-state index contributed by atoms with van der Waals surface area (Å²) in [4.78, 5) is 2.24. The van der Waals surface area contributed by atoms with E-state index in [1.807, 2.05) is 0 Å². The Morgan fingerprint density at radius 1 is 1.20 bits per heavy atom. The lowest BCUT2D eigenvalue weighted by molar-refractivity contribution is -0.274. The van der Waals surface area contributed by atoms with E-state index in [9.17, 15) is 18.3 Å². The van der Waals surface area contributed by atoms with E-state index in [0.29, 0.717) is 11.5 Å². The molecular weight excluding hydrogens is 380 g/mol. The molecular formula is C16H23Cl2F3N2O2. The topological polar surface area (TPSA) is 44.7 Å². The van der Waals surface area contributed by atoms with Crippen LogP contribution in [0.3, 0.4) is 0 Å². The van der Waals surface area contributed by atoms with Crippen LogP contribution >= 0.6 is 24.8 Å². The largest absolute Gasteiger partial charge is 0.573 e. The molecule has 2 aliphatic rings. The zero-order valence-electron chi connectivity index (χ0n) is 13.6. The fourth-order valence-corrected chi connectivity index (χ4v) is 3.13. The molecule has 3 rings (SSSR count). The van der Waals surface area contributed by atoms with Crippen LogP contribution < -0.4 is 10.1 Å². The first kappa shape index (κ1) is 22.2. The fourth-order valence-electron chi connectivity index (χ4n) is 3.13. The van der Waals surface area contributed by atoms with Crippen molar-refractivity contribution in [3.05, 3.63) is 23.8 Å². The molecule has 1 aliphatic carbocycles. The van der Waals surface area contributed by atoms with Crippen LogP contribution in [0.25, 0.3) is 0 Å². The van der Waals surface area contributed by atoms with E-state index in [2.05, 4.69) is 15.0 Å². The van der Waals surface area contributed by atoms with Crippen molar-refractivity contribution in [2.45, 2.75) is 31.7 Å². The molecule has 1 heterocycles. The number of nitrogens with zero attached hydrogens (tertiary/aromatic N) is 1. The third kappa shape index (κ3) is 6.40. The summed E-state index contributed by atoms with van der Waals surface area (Å²) in [6, 6.07) is 3.70. The second-order valence-corrected chi connectivity index (χ2v) is 6.25. The van der Waals surface area contributed by atoms with Crippen LogP contribution in [-0.2, 0) is 0 Å². The number of piperazine rings is 1. The predicted molar refractivity (Wildman–Crippen MR) is 93.8 cm³/mol. The van der Waals surface area contributed by atoms with E-state index in [0.717, 1.165) is 51.5 Å². The van der Waals surface area contributed by atoms with Gasteiger partial charge in [-0.1, -0.05) is 12.8 Å². The molecule has 1 saturated carbocycles. The third-order valence-electron chi connectivity index (χ3n) is 4.44. The summed E-state index contributed by atoms with van der Waals surface area (Å²) in [5.41, 5.74) is 0.528. The average Bonchev–Trinajstić information content (AvgIpc) is 3.31. The molecule has 2 N–H and O–H groups in total. The van der Waals surface area contributed by atoms with Crippen LogP contribution in [0, 0.1) is 5.92 Å². The predicted octanol–water partition coefficient (Wildman–Crippen LogP) is 3.88. The highest BCUT2D eigenvalue weighted by Gasteiger charge is 2.34. The van der Waals surface area contributed by atoms with Crippen LogP contribution in [-0.4, -0.2) is 42.5 Å². The van der Waals surface area contributed by atoms with Gasteiger partial charge in [-0.05, 0) is 30.5 Å². The van der Waals surface area contributed by atoms with Gasteiger partial charge in [0.2, 0.25) is 0 Å². The van der Waals surface area contributed by atoms with Gasteiger partial charge >= 0.3 is 6.36 Å². The molecule has 1 atom stereocenters. The van der Waals surface area contributed by atoms with Gasteiger partial charge in [0.25, 0.3) is 0 Å². The number of rotatable bonds is 5. The number of hydrogen-bond acceptors (Lipinski definition) is 4. The summed E-state index contributed by atoms with van der Waals surface area (Å²) < 4.78 is 41.4. The monoisotopic (exact) mass is 402 g/mol. The minimum atomic E-state index is -4.73. The van der Waals surface area contributed by atoms with E-state index in [-0.39, 0.29) is 42.4 Å². The van der Waals surface area contributed by atoms with E-state index in [1.54, 1.807) is 0 Å². The lowest BCUT2D eigenvalue weighted by Gasteiger charge is -2.35. The Morgan fingerprint density at radius 2 is 1.84 bits per heavy atom. The molecule has 2 fully saturated rings. The van der Waals surface area contributed by atoms with Crippen LogP contribution in [0.1, 0.15) is 30.9 Å². The van der Waals surface area contributed by atoms with Crippen molar-refractivity contribution in [3.8, 4) is 11.5 Å².